The maximum atomic E-state index is 13.3. The number of aryl methyl sites for hydroxylation is 1. The number of rotatable bonds is 8. The van der Waals surface area contributed by atoms with E-state index in [0.717, 1.165) is 67.1 Å². The summed E-state index contributed by atoms with van der Waals surface area (Å²) < 4.78 is 11.7. The lowest BCUT2D eigenvalue weighted by atomic mass is 9.87. The lowest BCUT2D eigenvalue weighted by molar-refractivity contribution is -0.134. The average Bonchev–Trinajstić information content (AvgIpc) is 3.44. The quantitative estimate of drug-likeness (QED) is 0.451. The first-order chi connectivity index (χ1) is 18.5. The fourth-order valence-corrected chi connectivity index (χ4v) is 6.10. The Morgan fingerprint density at radius 3 is 2.87 bits per heavy atom. The molecule has 1 aromatic heterocycles. The van der Waals surface area contributed by atoms with Crippen LogP contribution in [-0.2, 0) is 22.6 Å². The van der Waals surface area contributed by atoms with Crippen molar-refractivity contribution in [2.45, 2.75) is 57.8 Å². The first-order valence-corrected chi connectivity index (χ1v) is 14.4. The van der Waals surface area contributed by atoms with Crippen LogP contribution in [0.1, 0.15) is 69.5 Å². The molecule has 1 N–H and O–H groups in total. The van der Waals surface area contributed by atoms with E-state index in [-0.39, 0.29) is 36.5 Å². The first-order valence-electron chi connectivity index (χ1n) is 13.5. The fraction of sp³-hybridized carbons (Fsp3) is 0.433. The third kappa shape index (κ3) is 5.47. The van der Waals surface area contributed by atoms with E-state index < -0.39 is 0 Å². The van der Waals surface area contributed by atoms with Crippen LogP contribution in [0.15, 0.2) is 47.8 Å². The molecule has 0 bridgehead atoms. The molecule has 3 aromatic rings. The Bertz CT molecular complexity index is 1330. The predicted molar refractivity (Wildman–Crippen MR) is 145 cm³/mol. The molecule has 7 nitrogen and oxygen atoms in total. The summed E-state index contributed by atoms with van der Waals surface area (Å²) in [4.78, 5) is 32.3. The number of amides is 2. The van der Waals surface area contributed by atoms with Gasteiger partial charge in [0.05, 0.1) is 12.1 Å². The number of hydrogen-bond donors (Lipinski definition) is 1. The highest BCUT2D eigenvalue weighted by Gasteiger charge is 2.39. The summed E-state index contributed by atoms with van der Waals surface area (Å²) in [6.07, 6.45) is 4.95. The Balaban J connectivity index is 1.17. The van der Waals surface area contributed by atoms with Gasteiger partial charge in [0.2, 0.25) is 5.91 Å². The molecule has 0 radical (unpaired) electrons. The van der Waals surface area contributed by atoms with E-state index >= 15 is 0 Å². The van der Waals surface area contributed by atoms with Crippen molar-refractivity contribution in [1.82, 2.24) is 15.2 Å². The summed E-state index contributed by atoms with van der Waals surface area (Å²) in [7, 11) is 0. The Labute approximate surface area is 227 Å². The molecule has 1 saturated heterocycles. The van der Waals surface area contributed by atoms with E-state index in [9.17, 15) is 9.59 Å². The van der Waals surface area contributed by atoms with Crippen molar-refractivity contribution in [3.05, 3.63) is 80.8 Å². The van der Waals surface area contributed by atoms with Gasteiger partial charge in [-0.25, -0.2) is 4.98 Å². The number of nitrogens with one attached hydrogen (secondary N) is 1. The van der Waals surface area contributed by atoms with Crippen LogP contribution >= 0.6 is 11.3 Å². The largest absolute Gasteiger partial charge is 0.486 e. The summed E-state index contributed by atoms with van der Waals surface area (Å²) in [6, 6.07) is 14.5. The molecule has 2 aliphatic heterocycles. The average molecular weight is 532 g/mol. The third-order valence-electron chi connectivity index (χ3n) is 7.57. The fourth-order valence-electron chi connectivity index (χ4n) is 5.41. The van der Waals surface area contributed by atoms with Gasteiger partial charge in [-0.1, -0.05) is 35.9 Å². The van der Waals surface area contributed by atoms with Crippen LogP contribution in [0.3, 0.4) is 0 Å². The molecule has 8 heteroatoms. The topological polar surface area (TPSA) is 80.8 Å². The number of fused-ring (bicyclic) bond motifs is 1. The summed E-state index contributed by atoms with van der Waals surface area (Å²) in [5.41, 5.74) is 5.10. The molecule has 1 aliphatic carbocycles. The van der Waals surface area contributed by atoms with Crippen LogP contribution in [0.4, 0.5) is 0 Å². The zero-order valence-electron chi connectivity index (χ0n) is 21.7. The number of benzene rings is 2. The number of ether oxygens (including phenoxy) is 2. The molecule has 0 spiro atoms. The number of carbonyl (C=O) groups excluding carboxylic acids is 2. The summed E-state index contributed by atoms with van der Waals surface area (Å²) >= 11 is 1.42. The highest BCUT2D eigenvalue weighted by molar-refractivity contribution is 7.09. The summed E-state index contributed by atoms with van der Waals surface area (Å²) in [5, 5.41) is 5.43. The Morgan fingerprint density at radius 1 is 1.18 bits per heavy atom. The van der Waals surface area contributed by atoms with Crippen LogP contribution in [0.25, 0.3) is 0 Å². The van der Waals surface area contributed by atoms with E-state index in [4.69, 9.17) is 9.47 Å². The summed E-state index contributed by atoms with van der Waals surface area (Å²) in [5.74, 6) is 0.992. The second-order valence-electron chi connectivity index (χ2n) is 10.5. The molecule has 3 aliphatic rings. The van der Waals surface area contributed by atoms with Crippen molar-refractivity contribution in [3.8, 4) is 5.75 Å². The van der Waals surface area contributed by atoms with Gasteiger partial charge in [0.25, 0.3) is 5.91 Å². The van der Waals surface area contributed by atoms with Gasteiger partial charge in [0.15, 0.2) is 0 Å². The van der Waals surface area contributed by atoms with Crippen LogP contribution in [0, 0.1) is 12.8 Å². The minimum absolute atomic E-state index is 0.100. The maximum absolute atomic E-state index is 13.3. The molecule has 198 valence electrons. The van der Waals surface area contributed by atoms with Gasteiger partial charge in [-0.15, -0.1) is 11.3 Å². The minimum Gasteiger partial charge on any atom is -0.486 e. The Morgan fingerprint density at radius 2 is 2.08 bits per heavy atom. The molecular weight excluding hydrogens is 498 g/mol. The van der Waals surface area contributed by atoms with Gasteiger partial charge in [-0.3, -0.25) is 9.59 Å². The van der Waals surface area contributed by atoms with E-state index in [1.54, 1.807) is 5.38 Å². The van der Waals surface area contributed by atoms with Crippen molar-refractivity contribution in [2.24, 2.45) is 5.92 Å². The standard InChI is InChI=1S/C30H33N3O4S/c1-19-4-2-5-22(14-19)28-25-15-23(10-9-20(25)11-12-33(28)30(35)21-7-8-21)37-17-27-32-26(18-38-27)29(34)31-16-24-6-3-13-36-24/h2,4-5,9-10,14-15,18,21,24,28H,3,6-8,11-13,16-17H2,1H3,(H,31,34)/t24-,28-/m0/s1. The highest BCUT2D eigenvalue weighted by atomic mass is 32.1. The van der Waals surface area contributed by atoms with Crippen LogP contribution < -0.4 is 10.1 Å². The van der Waals surface area contributed by atoms with E-state index in [2.05, 4.69) is 58.5 Å². The molecule has 38 heavy (non-hydrogen) atoms. The van der Waals surface area contributed by atoms with Gasteiger partial charge in [-0.05, 0) is 67.9 Å². The number of hydrogen-bond acceptors (Lipinski definition) is 6. The lowest BCUT2D eigenvalue weighted by Gasteiger charge is -2.38. The van der Waals surface area contributed by atoms with E-state index in [1.165, 1.54) is 22.5 Å². The third-order valence-corrected chi connectivity index (χ3v) is 8.40. The van der Waals surface area contributed by atoms with E-state index in [1.807, 2.05) is 6.07 Å². The monoisotopic (exact) mass is 531 g/mol. The van der Waals surface area contributed by atoms with Gasteiger partial charge in [0.1, 0.15) is 23.1 Å². The van der Waals surface area contributed by atoms with Gasteiger partial charge >= 0.3 is 0 Å². The second-order valence-corrected chi connectivity index (χ2v) is 11.4. The smallest absolute Gasteiger partial charge is 0.270 e. The Hall–Kier alpha value is -3.23. The molecule has 2 atom stereocenters. The number of aromatic nitrogens is 1. The van der Waals surface area contributed by atoms with Crippen molar-refractivity contribution < 1.29 is 19.1 Å². The molecule has 2 amide bonds. The highest BCUT2D eigenvalue weighted by Crippen LogP contribution is 2.41. The molecule has 2 aromatic carbocycles. The number of nitrogens with zero attached hydrogens (tertiary/aromatic N) is 2. The number of carbonyl (C=O) groups is 2. The van der Waals surface area contributed by atoms with Crippen molar-refractivity contribution in [3.63, 3.8) is 0 Å². The molecule has 1 saturated carbocycles. The minimum atomic E-state index is -0.182. The van der Waals surface area contributed by atoms with Crippen molar-refractivity contribution in [2.75, 3.05) is 19.7 Å². The Kier molecular flexibility index (Phi) is 7.17. The molecule has 2 fully saturated rings. The lowest BCUT2D eigenvalue weighted by Crippen LogP contribution is -2.41. The number of thiazole rings is 1. The zero-order chi connectivity index (χ0) is 26.1. The molecular formula is C30H33N3O4S. The first kappa shape index (κ1) is 25.1. The van der Waals surface area contributed by atoms with Crippen molar-refractivity contribution >= 4 is 23.2 Å². The van der Waals surface area contributed by atoms with Crippen LogP contribution in [0.2, 0.25) is 0 Å². The van der Waals surface area contributed by atoms with E-state index in [0.29, 0.717) is 12.2 Å². The molecule has 6 rings (SSSR count). The van der Waals surface area contributed by atoms with Crippen molar-refractivity contribution in [1.29, 1.82) is 0 Å². The summed E-state index contributed by atoms with van der Waals surface area (Å²) in [6.45, 7) is 4.38. The van der Waals surface area contributed by atoms with Crippen LogP contribution in [0.5, 0.6) is 5.75 Å². The zero-order valence-corrected chi connectivity index (χ0v) is 22.5. The van der Waals surface area contributed by atoms with Crippen LogP contribution in [-0.4, -0.2) is 47.5 Å². The van der Waals surface area contributed by atoms with Gasteiger partial charge < -0.3 is 19.7 Å². The SMILES string of the molecule is Cc1cccc([C@H]2c3cc(OCc4nc(C(=O)NC[C@@H]5CCCO5)cs4)ccc3CCN2C(=O)C2CC2)c1. The van der Waals surface area contributed by atoms with Gasteiger partial charge in [0, 0.05) is 31.0 Å². The maximum Gasteiger partial charge on any atom is 0.270 e. The predicted octanol–water partition coefficient (Wildman–Crippen LogP) is 4.82. The normalized spacial score (nSPS) is 20.7. The molecule has 3 heterocycles. The second kappa shape index (κ2) is 10.9. The molecule has 0 unspecified atom stereocenters. The van der Waals surface area contributed by atoms with Gasteiger partial charge in [-0.2, -0.15) is 0 Å².